The molecule has 1 aliphatic rings. The molecule has 0 spiro atoms. The number of hydrogen-bond donors (Lipinski definition) is 1. The Balaban J connectivity index is 1.46. The van der Waals surface area contributed by atoms with E-state index in [0.717, 1.165) is 56.9 Å². The smallest absolute Gasteiger partial charge is 0.120 e. The van der Waals surface area contributed by atoms with Crippen molar-refractivity contribution in [3.8, 4) is 17.2 Å². The summed E-state index contributed by atoms with van der Waals surface area (Å²) < 4.78 is 22.2. The molecule has 1 atom stereocenters. The van der Waals surface area contributed by atoms with Crippen LogP contribution in [0.15, 0.2) is 60.7 Å². The second-order valence-electron chi connectivity index (χ2n) is 11.4. The van der Waals surface area contributed by atoms with Gasteiger partial charge in [0, 0.05) is 58.2 Å². The molecular weight excluding hydrogens is 528 g/mol. The van der Waals surface area contributed by atoms with Gasteiger partial charge in [0.25, 0.3) is 0 Å². The molecule has 0 fully saturated rings. The van der Waals surface area contributed by atoms with Crippen molar-refractivity contribution in [3.05, 3.63) is 82.9 Å². The number of hydrogen-bond acceptors (Lipinski definition) is 7. The van der Waals surface area contributed by atoms with Gasteiger partial charge in [0.15, 0.2) is 0 Å². The fraction of sp³-hybridized carbons (Fsp3) is 0.486. The molecule has 1 N–H and O–H groups in total. The van der Waals surface area contributed by atoms with E-state index < -0.39 is 0 Å². The minimum absolute atomic E-state index is 0.296. The van der Waals surface area contributed by atoms with Crippen LogP contribution in [-0.4, -0.2) is 76.8 Å². The van der Waals surface area contributed by atoms with Crippen LogP contribution in [0, 0.1) is 0 Å². The highest BCUT2D eigenvalue weighted by atomic mass is 16.5. The molecule has 7 nitrogen and oxygen atoms in total. The summed E-state index contributed by atoms with van der Waals surface area (Å²) in [5.41, 5.74) is 6.41. The first-order valence-electron chi connectivity index (χ1n) is 15.1. The molecule has 0 saturated carbocycles. The zero-order valence-corrected chi connectivity index (χ0v) is 26.0. The summed E-state index contributed by atoms with van der Waals surface area (Å²) in [7, 11) is 5.18. The molecular formula is C35H48N2O5. The SMILES string of the molecule is COCCN(CCOC)CCOc1ccc(CN(c2cc(OC)ccc2C2CCc3cc(O)ccc3C2)C(C)C)cc1. The normalized spacial score (nSPS) is 14.7. The Hall–Kier alpha value is -3.26. The number of rotatable bonds is 16. The summed E-state index contributed by atoms with van der Waals surface area (Å²) in [6.45, 7) is 9.82. The second-order valence-corrected chi connectivity index (χ2v) is 11.4. The van der Waals surface area contributed by atoms with Gasteiger partial charge < -0.3 is 29.0 Å². The van der Waals surface area contributed by atoms with Crippen molar-refractivity contribution in [2.75, 3.05) is 65.7 Å². The van der Waals surface area contributed by atoms with Crippen molar-refractivity contribution in [3.63, 3.8) is 0 Å². The number of benzene rings is 3. The third-order valence-electron chi connectivity index (χ3n) is 8.20. The molecule has 0 aliphatic heterocycles. The summed E-state index contributed by atoms with van der Waals surface area (Å²) in [6, 6.07) is 21.1. The van der Waals surface area contributed by atoms with E-state index in [0.29, 0.717) is 37.5 Å². The zero-order valence-electron chi connectivity index (χ0n) is 26.0. The monoisotopic (exact) mass is 576 g/mol. The number of methoxy groups -OCH3 is 3. The van der Waals surface area contributed by atoms with Crippen molar-refractivity contribution in [2.45, 2.75) is 51.6 Å². The van der Waals surface area contributed by atoms with E-state index >= 15 is 0 Å². The summed E-state index contributed by atoms with van der Waals surface area (Å²) in [5, 5.41) is 9.95. The van der Waals surface area contributed by atoms with Gasteiger partial charge in [-0.1, -0.05) is 24.3 Å². The van der Waals surface area contributed by atoms with Crippen LogP contribution in [0.4, 0.5) is 5.69 Å². The Morgan fingerprint density at radius 2 is 1.50 bits per heavy atom. The average Bonchev–Trinajstić information content (AvgIpc) is 3.01. The first-order chi connectivity index (χ1) is 20.4. The van der Waals surface area contributed by atoms with E-state index in [1.165, 1.54) is 27.9 Å². The van der Waals surface area contributed by atoms with E-state index in [4.69, 9.17) is 18.9 Å². The minimum Gasteiger partial charge on any atom is -0.508 e. The number of nitrogens with zero attached hydrogens (tertiary/aromatic N) is 2. The van der Waals surface area contributed by atoms with Gasteiger partial charge in [0.1, 0.15) is 23.9 Å². The second kappa shape index (κ2) is 15.8. The van der Waals surface area contributed by atoms with Crippen molar-refractivity contribution in [2.24, 2.45) is 0 Å². The lowest BCUT2D eigenvalue weighted by molar-refractivity contribution is 0.104. The Morgan fingerprint density at radius 3 is 2.17 bits per heavy atom. The van der Waals surface area contributed by atoms with Crippen molar-refractivity contribution in [1.29, 1.82) is 0 Å². The Bertz CT molecular complexity index is 1240. The van der Waals surface area contributed by atoms with Gasteiger partial charge in [-0.15, -0.1) is 0 Å². The molecule has 1 unspecified atom stereocenters. The van der Waals surface area contributed by atoms with Crippen molar-refractivity contribution >= 4 is 5.69 Å². The quantitative estimate of drug-likeness (QED) is 0.222. The molecule has 3 aromatic rings. The fourth-order valence-corrected chi connectivity index (χ4v) is 5.75. The molecule has 4 rings (SSSR count). The molecule has 0 radical (unpaired) electrons. The molecule has 0 aromatic heterocycles. The molecule has 42 heavy (non-hydrogen) atoms. The van der Waals surface area contributed by atoms with Gasteiger partial charge in [-0.05, 0) is 91.6 Å². The Labute approximate surface area is 252 Å². The number of aryl methyl sites for hydroxylation is 1. The average molecular weight is 577 g/mol. The molecule has 7 heteroatoms. The van der Waals surface area contributed by atoms with Gasteiger partial charge >= 0.3 is 0 Å². The highest BCUT2D eigenvalue weighted by Crippen LogP contribution is 2.40. The number of phenols is 1. The summed E-state index contributed by atoms with van der Waals surface area (Å²) in [4.78, 5) is 4.77. The predicted octanol–water partition coefficient (Wildman–Crippen LogP) is 6.06. The number of ether oxygens (including phenoxy) is 4. The van der Waals surface area contributed by atoms with Crippen molar-refractivity contribution in [1.82, 2.24) is 4.90 Å². The maximum atomic E-state index is 9.95. The number of phenolic OH excluding ortho intramolecular Hbond substituents is 1. The van der Waals surface area contributed by atoms with Gasteiger partial charge in [0.05, 0.1) is 20.3 Å². The van der Waals surface area contributed by atoms with E-state index in [2.05, 4.69) is 72.2 Å². The van der Waals surface area contributed by atoms with E-state index in [1.807, 2.05) is 12.1 Å². The first-order valence-corrected chi connectivity index (χ1v) is 15.1. The maximum Gasteiger partial charge on any atom is 0.120 e. The van der Waals surface area contributed by atoms with Gasteiger partial charge in [-0.2, -0.15) is 0 Å². The highest BCUT2D eigenvalue weighted by Gasteiger charge is 2.26. The van der Waals surface area contributed by atoms with E-state index in [9.17, 15) is 5.11 Å². The van der Waals surface area contributed by atoms with Crippen LogP contribution in [-0.2, 0) is 28.9 Å². The topological polar surface area (TPSA) is 63.6 Å². The molecule has 1 aliphatic carbocycles. The van der Waals surface area contributed by atoms with Crippen LogP contribution >= 0.6 is 0 Å². The lowest BCUT2D eigenvalue weighted by Crippen LogP contribution is -2.34. The lowest BCUT2D eigenvalue weighted by atomic mass is 9.79. The third-order valence-corrected chi connectivity index (χ3v) is 8.20. The van der Waals surface area contributed by atoms with Crippen LogP contribution < -0.4 is 14.4 Å². The van der Waals surface area contributed by atoms with Gasteiger partial charge in [-0.25, -0.2) is 0 Å². The largest absolute Gasteiger partial charge is 0.508 e. The van der Waals surface area contributed by atoms with Crippen molar-refractivity contribution < 1.29 is 24.1 Å². The predicted molar refractivity (Wildman–Crippen MR) is 169 cm³/mol. The van der Waals surface area contributed by atoms with Gasteiger partial charge in [0.2, 0.25) is 0 Å². The first kappa shape index (κ1) is 31.7. The standard InChI is InChI=1S/C35H48N2O5/c1-26(2)37(25-27-6-12-32(13-7-27)42-21-18-36(16-19-39-3)17-20-40-4)35-24-33(41-5)14-15-34(35)30-9-8-29-23-31(38)11-10-28(29)22-30/h6-7,10-15,23-24,26,30,38H,8-9,16-22,25H2,1-5H3. The molecule has 0 amide bonds. The molecule has 0 heterocycles. The van der Waals surface area contributed by atoms with Crippen LogP contribution in [0.1, 0.15) is 48.4 Å². The van der Waals surface area contributed by atoms with Crippen LogP contribution in [0.3, 0.4) is 0 Å². The summed E-state index contributed by atoms with van der Waals surface area (Å²) in [6.07, 6.45) is 3.00. The molecule has 0 bridgehead atoms. The molecule has 0 saturated heterocycles. The number of anilines is 1. The van der Waals surface area contributed by atoms with E-state index in [1.54, 1.807) is 21.3 Å². The maximum absolute atomic E-state index is 9.95. The number of fused-ring (bicyclic) bond motifs is 1. The minimum atomic E-state index is 0.296. The molecule has 3 aromatic carbocycles. The summed E-state index contributed by atoms with van der Waals surface area (Å²) >= 11 is 0. The van der Waals surface area contributed by atoms with Gasteiger partial charge in [-0.3, -0.25) is 4.90 Å². The lowest BCUT2D eigenvalue weighted by Gasteiger charge is -2.35. The number of aromatic hydroxyl groups is 1. The Morgan fingerprint density at radius 1 is 0.810 bits per heavy atom. The molecule has 228 valence electrons. The highest BCUT2D eigenvalue weighted by molar-refractivity contribution is 5.60. The zero-order chi connectivity index (χ0) is 29.9. The van der Waals surface area contributed by atoms with E-state index in [-0.39, 0.29) is 0 Å². The van der Waals surface area contributed by atoms with Crippen LogP contribution in [0.25, 0.3) is 0 Å². The Kier molecular flexibility index (Phi) is 11.9. The third kappa shape index (κ3) is 8.63. The van der Waals surface area contributed by atoms with Crippen LogP contribution in [0.5, 0.6) is 17.2 Å². The summed E-state index contributed by atoms with van der Waals surface area (Å²) in [5.74, 6) is 2.51. The fourth-order valence-electron chi connectivity index (χ4n) is 5.75. The van der Waals surface area contributed by atoms with Crippen LogP contribution in [0.2, 0.25) is 0 Å².